The number of carboxylic acid groups (broad SMARTS) is 1. The van der Waals surface area contributed by atoms with Gasteiger partial charge in [-0.15, -0.1) is 0 Å². The van der Waals surface area contributed by atoms with E-state index in [1.807, 2.05) is 0 Å². The highest BCUT2D eigenvalue weighted by atomic mass is 32.1. The summed E-state index contributed by atoms with van der Waals surface area (Å²) >= 11 is 4.41. The molecule has 0 bridgehead atoms. The number of aliphatic imine (C=N–C) groups is 1. The highest BCUT2D eigenvalue weighted by Gasteiger charge is 2.26. The van der Waals surface area contributed by atoms with E-state index in [4.69, 9.17) is 0 Å². The molecule has 0 saturated carbocycles. The van der Waals surface area contributed by atoms with Gasteiger partial charge in [0.05, 0.1) is 11.1 Å². The number of aliphatic carboxylic acids is 1. The van der Waals surface area contributed by atoms with Gasteiger partial charge in [0.25, 0.3) is 0 Å². The largest absolute Gasteiger partial charge is 0.547 e. The first kappa shape index (κ1) is 10.6. The van der Waals surface area contributed by atoms with Crippen molar-refractivity contribution in [2.24, 2.45) is 4.99 Å². The van der Waals surface area contributed by atoms with Gasteiger partial charge < -0.3 is 9.90 Å². The van der Waals surface area contributed by atoms with Gasteiger partial charge in [-0.05, 0) is 24.7 Å². The summed E-state index contributed by atoms with van der Waals surface area (Å²) in [4.78, 5) is 14.5. The van der Waals surface area contributed by atoms with Crippen LogP contribution < -0.4 is 5.11 Å². The van der Waals surface area contributed by atoms with E-state index < -0.39 is 11.5 Å². The van der Waals surface area contributed by atoms with Crippen molar-refractivity contribution in [1.29, 1.82) is 0 Å². The SMILES string of the molecule is C[C@@](N=C=S)(C(=O)[O-])c1ccccc1. The number of carbonyl (C=O) groups is 1. The summed E-state index contributed by atoms with van der Waals surface area (Å²) in [6.07, 6.45) is 0. The summed E-state index contributed by atoms with van der Waals surface area (Å²) < 4.78 is 0. The molecule has 0 heterocycles. The number of benzene rings is 1. The first-order chi connectivity index (χ1) is 6.61. The van der Waals surface area contributed by atoms with Crippen molar-refractivity contribution in [3.05, 3.63) is 35.9 Å². The highest BCUT2D eigenvalue weighted by Crippen LogP contribution is 2.23. The zero-order valence-corrected chi connectivity index (χ0v) is 8.38. The molecule has 14 heavy (non-hydrogen) atoms. The van der Waals surface area contributed by atoms with Crippen LogP contribution in [-0.2, 0) is 10.3 Å². The molecular weight excluding hydrogens is 198 g/mol. The summed E-state index contributed by atoms with van der Waals surface area (Å²) in [5.74, 6) is -1.29. The van der Waals surface area contributed by atoms with Gasteiger partial charge in [-0.3, -0.25) is 0 Å². The van der Waals surface area contributed by atoms with E-state index in [1.54, 1.807) is 30.3 Å². The molecule has 0 unspecified atom stereocenters. The Hall–Kier alpha value is -1.51. The predicted molar refractivity (Wildman–Crippen MR) is 53.8 cm³/mol. The van der Waals surface area contributed by atoms with Gasteiger partial charge in [-0.2, -0.15) is 0 Å². The summed E-state index contributed by atoms with van der Waals surface area (Å²) in [6.45, 7) is 1.43. The minimum Gasteiger partial charge on any atom is -0.547 e. The molecule has 0 radical (unpaired) electrons. The molecule has 0 aliphatic heterocycles. The van der Waals surface area contributed by atoms with Crippen LogP contribution >= 0.6 is 12.2 Å². The van der Waals surface area contributed by atoms with E-state index in [-0.39, 0.29) is 0 Å². The van der Waals surface area contributed by atoms with Gasteiger partial charge in [-0.1, -0.05) is 30.3 Å². The van der Waals surface area contributed by atoms with Crippen molar-refractivity contribution >= 4 is 23.3 Å². The number of hydrogen-bond donors (Lipinski definition) is 0. The number of carbonyl (C=O) groups excluding carboxylic acids is 1. The van der Waals surface area contributed by atoms with E-state index in [2.05, 4.69) is 22.4 Å². The third kappa shape index (κ3) is 1.87. The minimum absolute atomic E-state index is 0.525. The molecule has 0 N–H and O–H groups in total. The molecule has 72 valence electrons. The molecule has 0 fully saturated rings. The Morgan fingerprint density at radius 1 is 1.50 bits per heavy atom. The van der Waals surface area contributed by atoms with E-state index in [9.17, 15) is 9.90 Å². The van der Waals surface area contributed by atoms with Crippen LogP contribution in [-0.4, -0.2) is 11.1 Å². The first-order valence-electron chi connectivity index (χ1n) is 3.97. The topological polar surface area (TPSA) is 52.5 Å². The number of rotatable bonds is 3. The molecule has 4 heteroatoms. The second-order valence-corrected chi connectivity index (χ2v) is 3.11. The number of carboxylic acids is 1. The average Bonchev–Trinajstić information content (AvgIpc) is 2.19. The molecule has 1 rings (SSSR count). The van der Waals surface area contributed by atoms with Crippen molar-refractivity contribution in [2.45, 2.75) is 12.5 Å². The first-order valence-corrected chi connectivity index (χ1v) is 4.38. The van der Waals surface area contributed by atoms with Gasteiger partial charge in [0.15, 0.2) is 0 Å². The fraction of sp³-hybridized carbons (Fsp3) is 0.200. The van der Waals surface area contributed by atoms with Gasteiger partial charge in [0, 0.05) is 0 Å². The Labute approximate surface area is 87.1 Å². The van der Waals surface area contributed by atoms with Gasteiger partial charge in [0.2, 0.25) is 0 Å². The second kappa shape index (κ2) is 4.13. The number of nitrogens with zero attached hydrogens (tertiary/aromatic N) is 1. The average molecular weight is 206 g/mol. The smallest absolute Gasteiger partial charge is 0.132 e. The lowest BCUT2D eigenvalue weighted by molar-refractivity contribution is -0.313. The summed E-state index contributed by atoms with van der Waals surface area (Å²) in [5.41, 5.74) is -0.916. The van der Waals surface area contributed by atoms with Crippen LogP contribution in [0.2, 0.25) is 0 Å². The van der Waals surface area contributed by atoms with Crippen LogP contribution in [0.4, 0.5) is 0 Å². The van der Waals surface area contributed by atoms with Crippen LogP contribution in [0.5, 0.6) is 0 Å². The quantitative estimate of drug-likeness (QED) is 0.542. The Bertz CT molecular complexity index is 380. The number of isothiocyanates is 1. The molecule has 3 nitrogen and oxygen atoms in total. The molecule has 0 aliphatic rings. The third-order valence-electron chi connectivity index (χ3n) is 2.00. The van der Waals surface area contributed by atoms with Crippen molar-refractivity contribution in [2.75, 3.05) is 0 Å². The molecule has 0 aliphatic carbocycles. The number of hydrogen-bond acceptors (Lipinski definition) is 4. The fourth-order valence-corrected chi connectivity index (χ4v) is 1.26. The van der Waals surface area contributed by atoms with Crippen molar-refractivity contribution < 1.29 is 9.90 Å². The molecule has 1 aromatic carbocycles. The second-order valence-electron chi connectivity index (χ2n) is 2.93. The molecule has 0 amide bonds. The Morgan fingerprint density at radius 2 is 2.07 bits per heavy atom. The zero-order chi connectivity index (χ0) is 10.6. The minimum atomic E-state index is -1.44. The molecular formula is C10H8NO2S-. The lowest BCUT2D eigenvalue weighted by Gasteiger charge is -2.25. The molecule has 0 aromatic heterocycles. The summed E-state index contributed by atoms with van der Waals surface area (Å²) in [7, 11) is 0. The molecule has 0 spiro atoms. The van der Waals surface area contributed by atoms with Crippen molar-refractivity contribution in [3.8, 4) is 0 Å². The third-order valence-corrected chi connectivity index (χ3v) is 2.09. The van der Waals surface area contributed by atoms with Crippen LogP contribution in [0.25, 0.3) is 0 Å². The monoisotopic (exact) mass is 206 g/mol. The van der Waals surface area contributed by atoms with Gasteiger partial charge in [-0.25, -0.2) is 4.99 Å². The van der Waals surface area contributed by atoms with Crippen LogP contribution in [0.15, 0.2) is 35.3 Å². The van der Waals surface area contributed by atoms with Crippen LogP contribution in [0.3, 0.4) is 0 Å². The van der Waals surface area contributed by atoms with Crippen molar-refractivity contribution in [3.63, 3.8) is 0 Å². The molecule has 1 atom stereocenters. The normalized spacial score (nSPS) is 13.8. The van der Waals surface area contributed by atoms with Crippen LogP contribution in [0.1, 0.15) is 12.5 Å². The standard InChI is InChI=1S/C10H9NO2S/c1-10(9(12)13,11-7-14)8-5-3-2-4-6-8/h2-6H,1H3,(H,12,13)/p-1/t10-/m0/s1. The van der Waals surface area contributed by atoms with Gasteiger partial charge >= 0.3 is 0 Å². The lowest BCUT2D eigenvalue weighted by Crippen LogP contribution is -2.42. The Kier molecular flexibility index (Phi) is 3.12. The zero-order valence-electron chi connectivity index (χ0n) is 7.56. The Morgan fingerprint density at radius 3 is 2.50 bits per heavy atom. The maximum atomic E-state index is 10.9. The van der Waals surface area contributed by atoms with E-state index in [0.29, 0.717) is 5.56 Å². The van der Waals surface area contributed by atoms with Crippen molar-refractivity contribution in [1.82, 2.24) is 0 Å². The van der Waals surface area contributed by atoms with Crippen LogP contribution in [0, 0.1) is 0 Å². The Balaban J connectivity index is 3.26. The maximum absolute atomic E-state index is 10.9. The lowest BCUT2D eigenvalue weighted by atomic mass is 9.93. The van der Waals surface area contributed by atoms with E-state index in [0.717, 1.165) is 0 Å². The predicted octanol–water partition coefficient (Wildman–Crippen LogP) is 0.755. The fourth-order valence-electron chi connectivity index (χ4n) is 1.08. The van der Waals surface area contributed by atoms with E-state index in [1.165, 1.54) is 6.92 Å². The van der Waals surface area contributed by atoms with E-state index >= 15 is 0 Å². The summed E-state index contributed by atoms with van der Waals surface area (Å²) in [5, 5.41) is 13.0. The molecule has 1 aromatic rings. The van der Waals surface area contributed by atoms with Gasteiger partial charge in [0.1, 0.15) is 5.54 Å². The molecule has 0 saturated heterocycles. The highest BCUT2D eigenvalue weighted by molar-refractivity contribution is 7.78. The maximum Gasteiger partial charge on any atom is 0.132 e. The summed E-state index contributed by atoms with van der Waals surface area (Å²) in [6, 6.07) is 8.57. The number of thiocarbonyl (C=S) groups is 1.